The number of anilines is 1. The molecular weight excluding hydrogens is 388 g/mol. The highest BCUT2D eigenvalue weighted by Crippen LogP contribution is 2.30. The van der Waals surface area contributed by atoms with Crippen LogP contribution in [0.2, 0.25) is 0 Å². The number of thiazole rings is 1. The number of rotatable bonds is 5. The van der Waals surface area contributed by atoms with Crippen molar-refractivity contribution >= 4 is 39.0 Å². The molecule has 5 nitrogen and oxygen atoms in total. The molecule has 3 rings (SSSR count). The number of allylic oxidation sites excluding steroid dienone is 1. The van der Waals surface area contributed by atoms with Crippen LogP contribution >= 0.6 is 23.1 Å². The Hall–Kier alpha value is -1.99. The summed E-state index contributed by atoms with van der Waals surface area (Å²) in [5, 5.41) is 8.27. The van der Waals surface area contributed by atoms with Crippen LogP contribution < -0.4 is 16.4 Å². The minimum Gasteiger partial charge on any atom is -0.391 e. The van der Waals surface area contributed by atoms with Crippen molar-refractivity contribution in [3.05, 3.63) is 52.2 Å². The Morgan fingerprint density at radius 2 is 2.04 bits per heavy atom. The molecule has 0 saturated heterocycles. The minimum absolute atomic E-state index is 0.0447. The van der Waals surface area contributed by atoms with E-state index in [4.69, 9.17) is 5.73 Å². The van der Waals surface area contributed by atoms with Crippen molar-refractivity contribution in [3.8, 4) is 0 Å². The van der Waals surface area contributed by atoms with Gasteiger partial charge in [0.2, 0.25) is 5.91 Å². The van der Waals surface area contributed by atoms with Crippen LogP contribution in [0.5, 0.6) is 0 Å². The highest BCUT2D eigenvalue weighted by Gasteiger charge is 2.13. The smallest absolute Gasteiger partial charge is 0.217 e. The van der Waals surface area contributed by atoms with Gasteiger partial charge in [0.25, 0.3) is 0 Å². The quantitative estimate of drug-likeness (QED) is 0.632. The van der Waals surface area contributed by atoms with Gasteiger partial charge in [0.1, 0.15) is 0 Å². The van der Waals surface area contributed by atoms with Gasteiger partial charge in [0, 0.05) is 25.0 Å². The van der Waals surface area contributed by atoms with Crippen LogP contribution in [0.25, 0.3) is 4.91 Å². The number of nitrogens with one attached hydrogen (secondary N) is 2. The van der Waals surface area contributed by atoms with Crippen molar-refractivity contribution in [2.45, 2.75) is 40.0 Å². The number of benzene rings is 1. The molecule has 152 valence electrons. The van der Waals surface area contributed by atoms with Gasteiger partial charge in [-0.2, -0.15) is 0 Å². The molecule has 7 heteroatoms. The van der Waals surface area contributed by atoms with Gasteiger partial charge < -0.3 is 16.4 Å². The van der Waals surface area contributed by atoms with E-state index in [0.29, 0.717) is 11.0 Å². The van der Waals surface area contributed by atoms with Crippen molar-refractivity contribution in [2.75, 3.05) is 18.7 Å². The molecule has 4 N–H and O–H groups in total. The molecule has 1 unspecified atom stereocenters. The molecule has 1 aliphatic rings. The molecule has 0 spiro atoms. The lowest BCUT2D eigenvalue weighted by Crippen LogP contribution is -2.19. The zero-order chi connectivity index (χ0) is 20.5. The molecule has 1 aromatic carbocycles. The van der Waals surface area contributed by atoms with E-state index in [9.17, 15) is 4.79 Å². The van der Waals surface area contributed by atoms with Gasteiger partial charge in [-0.1, -0.05) is 31.2 Å². The number of nitrogen functional groups attached to an aromatic ring is 1. The SMILES string of the molecule is CC1CCc2ccccc2C1.CN/C(C)=C(\SCNC(C)=O)c1csc(N)n1. The topological polar surface area (TPSA) is 80.0 Å². The molecule has 0 radical (unpaired) electrons. The number of hydrogen-bond acceptors (Lipinski definition) is 6. The van der Waals surface area contributed by atoms with Crippen LogP contribution in [0.15, 0.2) is 35.3 Å². The average molecular weight is 419 g/mol. The van der Waals surface area contributed by atoms with Crippen molar-refractivity contribution in [1.29, 1.82) is 0 Å². The van der Waals surface area contributed by atoms with Gasteiger partial charge in [0.05, 0.1) is 16.5 Å². The van der Waals surface area contributed by atoms with Gasteiger partial charge in [0.15, 0.2) is 5.13 Å². The zero-order valence-corrected chi connectivity index (χ0v) is 18.7. The maximum Gasteiger partial charge on any atom is 0.217 e. The number of carbonyl (C=O) groups is 1. The van der Waals surface area contributed by atoms with Crippen LogP contribution in [0.3, 0.4) is 0 Å². The summed E-state index contributed by atoms with van der Waals surface area (Å²) in [5.74, 6) is 1.36. The van der Waals surface area contributed by atoms with E-state index in [1.54, 1.807) is 11.1 Å². The first-order chi connectivity index (χ1) is 13.4. The fourth-order valence-corrected chi connectivity index (χ4v) is 4.59. The lowest BCUT2D eigenvalue weighted by Gasteiger charge is -2.20. The third kappa shape index (κ3) is 6.87. The van der Waals surface area contributed by atoms with Crippen LogP contribution in [0, 0.1) is 5.92 Å². The summed E-state index contributed by atoms with van der Waals surface area (Å²) < 4.78 is 0. The maximum atomic E-state index is 10.8. The predicted octanol–water partition coefficient (Wildman–Crippen LogP) is 4.27. The Bertz CT molecular complexity index is 816. The molecule has 28 heavy (non-hydrogen) atoms. The Morgan fingerprint density at radius 1 is 1.32 bits per heavy atom. The molecule has 1 aliphatic carbocycles. The molecule has 1 amide bonds. The number of thioether (sulfide) groups is 1. The summed E-state index contributed by atoms with van der Waals surface area (Å²) in [4.78, 5) is 16.1. The van der Waals surface area contributed by atoms with E-state index in [2.05, 4.69) is 46.8 Å². The van der Waals surface area contributed by atoms with Crippen LogP contribution in [-0.4, -0.2) is 23.8 Å². The second kappa shape index (κ2) is 11.1. The highest BCUT2D eigenvalue weighted by molar-refractivity contribution is 8.08. The van der Waals surface area contributed by atoms with E-state index in [-0.39, 0.29) is 5.91 Å². The number of nitrogens with zero attached hydrogens (tertiary/aromatic N) is 1. The van der Waals surface area contributed by atoms with E-state index in [1.807, 2.05) is 19.4 Å². The largest absolute Gasteiger partial charge is 0.391 e. The second-order valence-corrected chi connectivity index (χ2v) is 8.79. The highest BCUT2D eigenvalue weighted by atomic mass is 32.2. The Balaban J connectivity index is 0.000000218. The molecule has 0 aliphatic heterocycles. The second-order valence-electron chi connectivity index (χ2n) is 6.91. The monoisotopic (exact) mass is 418 g/mol. The summed E-state index contributed by atoms with van der Waals surface area (Å²) in [6.45, 7) is 5.80. The summed E-state index contributed by atoms with van der Waals surface area (Å²) in [6.07, 6.45) is 3.95. The number of nitrogens with two attached hydrogens (primary N) is 1. The third-order valence-electron chi connectivity index (χ3n) is 4.60. The summed E-state index contributed by atoms with van der Waals surface area (Å²) >= 11 is 2.93. The lowest BCUT2D eigenvalue weighted by molar-refractivity contribution is -0.118. The molecule has 1 heterocycles. The van der Waals surface area contributed by atoms with Gasteiger partial charge in [-0.25, -0.2) is 4.98 Å². The standard InChI is InChI=1S/C11H14.C10H16N4OS2/c1-9-6-7-10-4-2-3-5-11(10)8-9;1-6(12-3)9(17-5-13-7(2)15)8-4-16-10(11)14-8/h2-5,9H,6-8H2,1H3;4,12H,5H2,1-3H3,(H2,11,14)(H,13,15)/b;9-6-. The lowest BCUT2D eigenvalue weighted by atomic mass is 9.85. The van der Waals surface area contributed by atoms with E-state index >= 15 is 0 Å². The average Bonchev–Trinajstić information content (AvgIpc) is 3.11. The number of aromatic nitrogens is 1. The predicted molar refractivity (Wildman–Crippen MR) is 122 cm³/mol. The molecule has 0 saturated carbocycles. The molecular formula is C21H30N4OS2. The van der Waals surface area contributed by atoms with Gasteiger partial charge in [-0.3, -0.25) is 4.79 Å². The normalized spacial score (nSPS) is 16.2. The number of amides is 1. The third-order valence-corrected chi connectivity index (χ3v) is 6.37. The number of carbonyl (C=O) groups excluding carboxylic acids is 1. The van der Waals surface area contributed by atoms with Crippen LogP contribution in [0.1, 0.15) is 44.0 Å². The Kier molecular flexibility index (Phi) is 8.86. The number of hydrogen-bond donors (Lipinski definition) is 3. The molecule has 1 atom stereocenters. The van der Waals surface area contributed by atoms with Crippen molar-refractivity contribution < 1.29 is 4.79 Å². The Labute approximate surface area is 176 Å². The van der Waals surface area contributed by atoms with Gasteiger partial charge in [-0.15, -0.1) is 23.1 Å². The van der Waals surface area contributed by atoms with Crippen molar-refractivity contribution in [2.24, 2.45) is 5.92 Å². The number of aryl methyl sites for hydroxylation is 1. The van der Waals surface area contributed by atoms with Crippen molar-refractivity contribution in [1.82, 2.24) is 15.6 Å². The number of fused-ring (bicyclic) bond motifs is 1. The molecule has 0 fully saturated rings. The van der Waals surface area contributed by atoms with Crippen LogP contribution in [-0.2, 0) is 17.6 Å². The molecule has 1 aromatic heterocycles. The Morgan fingerprint density at radius 3 is 2.64 bits per heavy atom. The first-order valence-corrected chi connectivity index (χ1v) is 11.3. The van der Waals surface area contributed by atoms with E-state index in [0.717, 1.165) is 22.2 Å². The summed E-state index contributed by atoms with van der Waals surface area (Å²) in [5.41, 5.74) is 10.6. The summed E-state index contributed by atoms with van der Waals surface area (Å²) in [7, 11) is 1.85. The fraction of sp³-hybridized carbons (Fsp3) is 0.429. The van der Waals surface area contributed by atoms with Gasteiger partial charge in [-0.05, 0) is 43.2 Å². The molecule has 0 bridgehead atoms. The van der Waals surface area contributed by atoms with Crippen LogP contribution in [0.4, 0.5) is 5.13 Å². The molecule has 2 aromatic rings. The zero-order valence-electron chi connectivity index (χ0n) is 17.0. The fourth-order valence-electron chi connectivity index (χ4n) is 2.97. The van der Waals surface area contributed by atoms with E-state index < -0.39 is 0 Å². The van der Waals surface area contributed by atoms with Crippen molar-refractivity contribution in [3.63, 3.8) is 0 Å². The first-order valence-electron chi connectivity index (χ1n) is 9.44. The van der Waals surface area contributed by atoms with E-state index in [1.165, 1.54) is 49.3 Å². The maximum absolute atomic E-state index is 10.8. The summed E-state index contributed by atoms with van der Waals surface area (Å²) in [6, 6.07) is 8.83. The van der Waals surface area contributed by atoms with Gasteiger partial charge >= 0.3 is 0 Å². The first kappa shape index (κ1) is 22.3. The minimum atomic E-state index is -0.0447.